The minimum absolute atomic E-state index is 0.321. The van der Waals surface area contributed by atoms with E-state index in [-0.39, 0.29) is 12.8 Å². The summed E-state index contributed by atoms with van der Waals surface area (Å²) in [6.45, 7) is 4.33. The molecule has 0 aromatic heterocycles. The van der Waals surface area contributed by atoms with E-state index < -0.39 is 23.6 Å². The molecule has 0 fully saturated rings. The number of carbonyl (C=O) groups excluding carboxylic acids is 1. The molecule has 0 amide bonds. The monoisotopic (exact) mass is 222 g/mol. The second-order valence-corrected chi connectivity index (χ2v) is 3.08. The van der Waals surface area contributed by atoms with E-state index in [1.165, 1.54) is 0 Å². The standard InChI is InChI=1S/C10H13F3O2/c1-3-4-8(10(11,12)13)5-6-9(15)7(2)14/h3,5,9,15H,1,4,6H2,2H3/t9-/m1/s1. The van der Waals surface area contributed by atoms with Crippen LogP contribution in [0.1, 0.15) is 19.8 Å². The summed E-state index contributed by atoms with van der Waals surface area (Å²) in [6.07, 6.45) is -4.50. The Kier molecular flexibility index (Phi) is 5.28. The van der Waals surface area contributed by atoms with Crippen molar-refractivity contribution in [3.63, 3.8) is 0 Å². The van der Waals surface area contributed by atoms with Crippen LogP contribution in [0.3, 0.4) is 0 Å². The largest absolute Gasteiger partial charge is 0.412 e. The molecule has 0 rings (SSSR count). The molecule has 0 aliphatic carbocycles. The fourth-order valence-electron chi connectivity index (χ4n) is 0.890. The molecule has 0 saturated heterocycles. The summed E-state index contributed by atoms with van der Waals surface area (Å²) in [5.74, 6) is -0.550. The molecule has 0 spiro atoms. The van der Waals surface area contributed by atoms with Gasteiger partial charge in [0.1, 0.15) is 6.10 Å². The fourth-order valence-corrected chi connectivity index (χ4v) is 0.890. The molecule has 0 heterocycles. The van der Waals surface area contributed by atoms with Crippen LogP contribution in [0, 0.1) is 0 Å². The van der Waals surface area contributed by atoms with E-state index in [1.807, 2.05) is 0 Å². The first kappa shape index (κ1) is 13.9. The third-order valence-electron chi connectivity index (χ3n) is 1.79. The SMILES string of the molecule is C=CCC(=CC[C@@H](O)C(C)=O)C(F)(F)F. The number of allylic oxidation sites excluding steroid dienone is 2. The number of hydrogen-bond acceptors (Lipinski definition) is 2. The summed E-state index contributed by atoms with van der Waals surface area (Å²) in [6, 6.07) is 0. The molecule has 0 aliphatic rings. The maximum absolute atomic E-state index is 12.3. The summed E-state index contributed by atoms with van der Waals surface area (Å²) in [5, 5.41) is 9.02. The van der Waals surface area contributed by atoms with Crippen molar-refractivity contribution in [2.75, 3.05) is 0 Å². The maximum atomic E-state index is 12.3. The Hall–Kier alpha value is -1.10. The Morgan fingerprint density at radius 2 is 2.07 bits per heavy atom. The van der Waals surface area contributed by atoms with E-state index >= 15 is 0 Å². The van der Waals surface area contributed by atoms with Crippen LogP contribution in [-0.2, 0) is 4.79 Å². The zero-order chi connectivity index (χ0) is 12.1. The predicted molar refractivity (Wildman–Crippen MR) is 50.3 cm³/mol. The van der Waals surface area contributed by atoms with Crippen LogP contribution in [0.4, 0.5) is 13.2 Å². The van der Waals surface area contributed by atoms with Crippen LogP contribution in [-0.4, -0.2) is 23.2 Å². The number of rotatable bonds is 5. The Balaban J connectivity index is 4.56. The molecule has 0 aliphatic heterocycles. The number of hydrogen-bond donors (Lipinski definition) is 1. The number of carbonyl (C=O) groups is 1. The van der Waals surface area contributed by atoms with E-state index in [2.05, 4.69) is 6.58 Å². The van der Waals surface area contributed by atoms with Crippen molar-refractivity contribution in [1.82, 2.24) is 0 Å². The molecular formula is C10H13F3O2. The Morgan fingerprint density at radius 3 is 2.40 bits per heavy atom. The highest BCUT2D eigenvalue weighted by molar-refractivity contribution is 5.80. The van der Waals surface area contributed by atoms with Crippen molar-refractivity contribution in [3.8, 4) is 0 Å². The molecule has 2 nitrogen and oxygen atoms in total. The molecule has 0 aromatic carbocycles. The van der Waals surface area contributed by atoms with Gasteiger partial charge in [-0.15, -0.1) is 6.58 Å². The number of halogens is 3. The van der Waals surface area contributed by atoms with Gasteiger partial charge in [0.25, 0.3) is 0 Å². The average Bonchev–Trinajstić information content (AvgIpc) is 2.09. The highest BCUT2D eigenvalue weighted by atomic mass is 19.4. The molecule has 0 unspecified atom stereocenters. The van der Waals surface area contributed by atoms with Gasteiger partial charge in [-0.1, -0.05) is 12.2 Å². The van der Waals surface area contributed by atoms with E-state index in [1.54, 1.807) is 0 Å². The van der Waals surface area contributed by atoms with Crippen molar-refractivity contribution in [2.24, 2.45) is 0 Å². The van der Waals surface area contributed by atoms with Gasteiger partial charge < -0.3 is 5.11 Å². The molecule has 0 bridgehead atoms. The normalized spacial score (nSPS) is 14.9. The smallest absolute Gasteiger partial charge is 0.385 e. The Morgan fingerprint density at radius 1 is 1.53 bits per heavy atom. The Labute approximate surface area is 86.1 Å². The number of Topliss-reactive ketones (excluding diaryl/α,β-unsaturated/α-hetero) is 1. The first-order valence-electron chi connectivity index (χ1n) is 4.34. The van der Waals surface area contributed by atoms with E-state index in [0.717, 1.165) is 19.1 Å². The van der Waals surface area contributed by atoms with Crippen LogP contribution in [0.15, 0.2) is 24.3 Å². The van der Waals surface area contributed by atoms with Crippen molar-refractivity contribution < 1.29 is 23.1 Å². The lowest BCUT2D eigenvalue weighted by atomic mass is 10.1. The summed E-state index contributed by atoms with van der Waals surface area (Å²) in [7, 11) is 0. The van der Waals surface area contributed by atoms with E-state index in [0.29, 0.717) is 0 Å². The molecule has 0 aromatic rings. The van der Waals surface area contributed by atoms with Gasteiger partial charge in [0.2, 0.25) is 0 Å². The molecule has 1 atom stereocenters. The first-order valence-corrected chi connectivity index (χ1v) is 4.34. The third-order valence-corrected chi connectivity index (χ3v) is 1.79. The van der Waals surface area contributed by atoms with Crippen molar-refractivity contribution in [3.05, 3.63) is 24.3 Å². The third kappa shape index (κ3) is 5.37. The predicted octanol–water partition coefficient (Wildman–Crippen LogP) is 2.39. The summed E-state index contributed by atoms with van der Waals surface area (Å²) >= 11 is 0. The molecule has 86 valence electrons. The molecule has 0 radical (unpaired) electrons. The van der Waals surface area contributed by atoms with Gasteiger partial charge in [-0.3, -0.25) is 4.79 Å². The lowest BCUT2D eigenvalue weighted by Gasteiger charge is -2.10. The van der Waals surface area contributed by atoms with Gasteiger partial charge in [0, 0.05) is 5.57 Å². The first-order chi connectivity index (χ1) is 6.79. The Bertz CT molecular complexity index is 266. The minimum Gasteiger partial charge on any atom is -0.385 e. The maximum Gasteiger partial charge on any atom is 0.412 e. The van der Waals surface area contributed by atoms with E-state index in [9.17, 15) is 18.0 Å². The van der Waals surface area contributed by atoms with Crippen LogP contribution in [0.5, 0.6) is 0 Å². The summed E-state index contributed by atoms with van der Waals surface area (Å²) in [5.41, 5.74) is -0.794. The van der Waals surface area contributed by atoms with Gasteiger partial charge in [-0.05, 0) is 19.8 Å². The number of alkyl halides is 3. The second-order valence-electron chi connectivity index (χ2n) is 3.08. The zero-order valence-electron chi connectivity index (χ0n) is 8.34. The van der Waals surface area contributed by atoms with Gasteiger partial charge in [-0.25, -0.2) is 0 Å². The molecule has 1 N–H and O–H groups in total. The lowest BCUT2D eigenvalue weighted by Crippen LogP contribution is -2.17. The topological polar surface area (TPSA) is 37.3 Å². The summed E-state index contributed by atoms with van der Waals surface area (Å²) < 4.78 is 36.8. The molecule has 15 heavy (non-hydrogen) atoms. The molecular weight excluding hydrogens is 209 g/mol. The van der Waals surface area contributed by atoms with Gasteiger partial charge >= 0.3 is 6.18 Å². The van der Waals surface area contributed by atoms with Crippen molar-refractivity contribution in [2.45, 2.75) is 32.0 Å². The second kappa shape index (κ2) is 5.70. The van der Waals surface area contributed by atoms with Gasteiger partial charge in [0.15, 0.2) is 5.78 Å². The van der Waals surface area contributed by atoms with Crippen LogP contribution in [0.2, 0.25) is 0 Å². The highest BCUT2D eigenvalue weighted by Crippen LogP contribution is 2.28. The van der Waals surface area contributed by atoms with Crippen LogP contribution in [0.25, 0.3) is 0 Å². The van der Waals surface area contributed by atoms with Crippen molar-refractivity contribution in [1.29, 1.82) is 0 Å². The quantitative estimate of drug-likeness (QED) is 0.725. The van der Waals surface area contributed by atoms with E-state index in [4.69, 9.17) is 5.11 Å². The fraction of sp³-hybridized carbons (Fsp3) is 0.500. The lowest BCUT2D eigenvalue weighted by molar-refractivity contribution is -0.124. The zero-order valence-corrected chi connectivity index (χ0v) is 8.34. The molecule has 5 heteroatoms. The van der Waals surface area contributed by atoms with Gasteiger partial charge in [-0.2, -0.15) is 13.2 Å². The van der Waals surface area contributed by atoms with Crippen LogP contribution >= 0.6 is 0 Å². The minimum atomic E-state index is -4.44. The number of aliphatic hydroxyl groups is 1. The van der Waals surface area contributed by atoms with Crippen molar-refractivity contribution >= 4 is 5.78 Å². The molecule has 0 saturated carbocycles. The van der Waals surface area contributed by atoms with Gasteiger partial charge in [0.05, 0.1) is 0 Å². The number of aliphatic hydroxyl groups excluding tert-OH is 1. The van der Waals surface area contributed by atoms with Crippen LogP contribution < -0.4 is 0 Å². The average molecular weight is 222 g/mol. The summed E-state index contributed by atoms with van der Waals surface area (Å²) in [4.78, 5) is 10.6. The highest BCUT2D eigenvalue weighted by Gasteiger charge is 2.32. The number of ketones is 1.